The molecule has 6 heteroatoms. The first-order valence-electron chi connectivity index (χ1n) is 7.86. The van der Waals surface area contributed by atoms with Gasteiger partial charge in [0.2, 0.25) is 0 Å². The Morgan fingerprint density at radius 2 is 2.08 bits per heavy atom. The minimum absolute atomic E-state index is 0.125. The van der Waals surface area contributed by atoms with Gasteiger partial charge in [0, 0.05) is 30.2 Å². The van der Waals surface area contributed by atoms with Crippen molar-refractivity contribution in [1.29, 1.82) is 0 Å². The number of benzene rings is 2. The van der Waals surface area contributed by atoms with E-state index in [-0.39, 0.29) is 12.5 Å². The van der Waals surface area contributed by atoms with Crippen LogP contribution in [0.5, 0.6) is 5.75 Å². The predicted molar refractivity (Wildman–Crippen MR) is 93.9 cm³/mol. The highest BCUT2D eigenvalue weighted by Crippen LogP contribution is 2.17. The summed E-state index contributed by atoms with van der Waals surface area (Å²) in [5, 5.41) is 13.0. The van der Waals surface area contributed by atoms with E-state index in [1.165, 1.54) is 0 Å². The van der Waals surface area contributed by atoms with Gasteiger partial charge in [-0.1, -0.05) is 18.2 Å². The van der Waals surface area contributed by atoms with Gasteiger partial charge in [-0.25, -0.2) is 4.98 Å². The van der Waals surface area contributed by atoms with E-state index in [2.05, 4.69) is 10.3 Å². The van der Waals surface area contributed by atoms with Gasteiger partial charge < -0.3 is 19.7 Å². The fourth-order valence-corrected chi connectivity index (χ4v) is 2.45. The molecule has 25 heavy (non-hydrogen) atoms. The molecule has 6 nitrogen and oxygen atoms in total. The van der Waals surface area contributed by atoms with Crippen LogP contribution >= 0.6 is 0 Å². The van der Waals surface area contributed by atoms with Crippen molar-refractivity contribution in [2.75, 3.05) is 13.7 Å². The standard InChI is InChI=1S/C19H19N3O3/c1-25-17-7-5-14(6-8-17)18(23)12-21-19(24)15-3-2-4-16(11-15)22-10-9-20-13-22/h2-11,13,18,23H,12H2,1H3,(H,21,24). The molecule has 1 aromatic heterocycles. The van der Waals surface area contributed by atoms with Gasteiger partial charge >= 0.3 is 0 Å². The van der Waals surface area contributed by atoms with Gasteiger partial charge in [-0.15, -0.1) is 0 Å². The largest absolute Gasteiger partial charge is 0.497 e. The molecule has 1 atom stereocenters. The Bertz CT molecular complexity index is 829. The number of carbonyl (C=O) groups is 1. The third kappa shape index (κ3) is 4.05. The maximum Gasteiger partial charge on any atom is 0.251 e. The highest BCUT2D eigenvalue weighted by molar-refractivity contribution is 5.94. The number of imidazole rings is 1. The minimum Gasteiger partial charge on any atom is -0.497 e. The van der Waals surface area contributed by atoms with E-state index in [9.17, 15) is 9.90 Å². The molecular weight excluding hydrogens is 318 g/mol. The van der Waals surface area contributed by atoms with Crippen LogP contribution in [0, 0.1) is 0 Å². The third-order valence-electron chi connectivity index (χ3n) is 3.87. The molecule has 3 aromatic rings. The molecule has 3 rings (SSSR count). The molecule has 128 valence electrons. The molecule has 0 radical (unpaired) electrons. The van der Waals surface area contributed by atoms with Gasteiger partial charge in [0.25, 0.3) is 5.91 Å². The molecule has 0 aliphatic rings. The Balaban J connectivity index is 1.63. The average Bonchev–Trinajstić information content (AvgIpc) is 3.21. The number of methoxy groups -OCH3 is 1. The van der Waals surface area contributed by atoms with Crippen LogP contribution in [0.4, 0.5) is 0 Å². The van der Waals surface area contributed by atoms with E-state index in [0.717, 1.165) is 11.4 Å². The second-order valence-electron chi connectivity index (χ2n) is 5.52. The summed E-state index contributed by atoms with van der Waals surface area (Å²) in [6.45, 7) is 0.125. The molecule has 1 amide bonds. The summed E-state index contributed by atoms with van der Waals surface area (Å²) in [7, 11) is 1.59. The van der Waals surface area contributed by atoms with Crippen LogP contribution in [0.1, 0.15) is 22.0 Å². The van der Waals surface area contributed by atoms with Crippen LogP contribution < -0.4 is 10.1 Å². The summed E-state index contributed by atoms with van der Waals surface area (Å²) in [5.74, 6) is 0.478. The monoisotopic (exact) mass is 337 g/mol. The molecule has 0 aliphatic heterocycles. The van der Waals surface area contributed by atoms with E-state index in [1.807, 2.05) is 22.9 Å². The minimum atomic E-state index is -0.785. The van der Waals surface area contributed by atoms with Crippen LogP contribution in [0.15, 0.2) is 67.3 Å². The van der Waals surface area contributed by atoms with Gasteiger partial charge in [0.1, 0.15) is 5.75 Å². The number of rotatable bonds is 6. The molecule has 1 unspecified atom stereocenters. The molecule has 0 spiro atoms. The first kappa shape index (κ1) is 16.7. The van der Waals surface area contributed by atoms with E-state index in [4.69, 9.17) is 4.74 Å². The van der Waals surface area contributed by atoms with Crippen LogP contribution in [-0.2, 0) is 0 Å². The zero-order chi connectivity index (χ0) is 17.6. The second kappa shape index (κ2) is 7.63. The van der Waals surface area contributed by atoms with E-state index in [0.29, 0.717) is 11.1 Å². The number of nitrogens with one attached hydrogen (secondary N) is 1. The van der Waals surface area contributed by atoms with Gasteiger partial charge in [0.05, 0.1) is 19.5 Å². The van der Waals surface area contributed by atoms with Gasteiger partial charge in [0.15, 0.2) is 0 Å². The molecule has 0 fully saturated rings. The molecule has 0 saturated heterocycles. The number of aliphatic hydroxyl groups is 1. The fourth-order valence-electron chi connectivity index (χ4n) is 2.45. The summed E-state index contributed by atoms with van der Waals surface area (Å²) in [4.78, 5) is 16.3. The first-order valence-corrected chi connectivity index (χ1v) is 7.86. The summed E-state index contributed by atoms with van der Waals surface area (Å²) >= 11 is 0. The summed E-state index contributed by atoms with van der Waals surface area (Å²) in [5.41, 5.74) is 2.09. The smallest absolute Gasteiger partial charge is 0.251 e. The maximum atomic E-state index is 12.3. The highest BCUT2D eigenvalue weighted by Gasteiger charge is 2.11. The van der Waals surface area contributed by atoms with Crippen molar-refractivity contribution in [2.24, 2.45) is 0 Å². The van der Waals surface area contributed by atoms with Crippen molar-refractivity contribution in [3.63, 3.8) is 0 Å². The Morgan fingerprint density at radius 1 is 1.28 bits per heavy atom. The molecule has 0 aliphatic carbocycles. The molecule has 2 aromatic carbocycles. The lowest BCUT2D eigenvalue weighted by molar-refractivity contribution is 0.0916. The number of hydrogen-bond acceptors (Lipinski definition) is 4. The number of carbonyl (C=O) groups excluding carboxylic acids is 1. The number of hydrogen-bond donors (Lipinski definition) is 2. The lowest BCUT2D eigenvalue weighted by Gasteiger charge is -2.13. The van der Waals surface area contributed by atoms with Gasteiger partial charge in [-0.2, -0.15) is 0 Å². The Kier molecular flexibility index (Phi) is 5.11. The topological polar surface area (TPSA) is 76.4 Å². The van der Waals surface area contributed by atoms with Gasteiger partial charge in [-0.05, 0) is 35.9 Å². The quantitative estimate of drug-likeness (QED) is 0.724. The highest BCUT2D eigenvalue weighted by atomic mass is 16.5. The van der Waals surface area contributed by atoms with Crippen molar-refractivity contribution in [3.8, 4) is 11.4 Å². The molecule has 0 saturated carbocycles. The number of amides is 1. The third-order valence-corrected chi connectivity index (χ3v) is 3.87. The van der Waals surface area contributed by atoms with Crippen molar-refractivity contribution in [2.45, 2.75) is 6.10 Å². The zero-order valence-corrected chi connectivity index (χ0v) is 13.8. The van der Waals surface area contributed by atoms with Crippen molar-refractivity contribution in [3.05, 3.63) is 78.4 Å². The summed E-state index contributed by atoms with van der Waals surface area (Å²) in [6, 6.07) is 14.3. The average molecular weight is 337 g/mol. The van der Waals surface area contributed by atoms with Gasteiger partial charge in [-0.3, -0.25) is 4.79 Å². The van der Waals surface area contributed by atoms with E-state index >= 15 is 0 Å². The van der Waals surface area contributed by atoms with Crippen LogP contribution in [0.2, 0.25) is 0 Å². The van der Waals surface area contributed by atoms with Crippen molar-refractivity contribution in [1.82, 2.24) is 14.9 Å². The molecule has 2 N–H and O–H groups in total. The van der Waals surface area contributed by atoms with Crippen LogP contribution in [0.25, 0.3) is 5.69 Å². The molecular formula is C19H19N3O3. The first-order chi connectivity index (χ1) is 12.2. The molecule has 0 bridgehead atoms. The number of ether oxygens (including phenoxy) is 1. The van der Waals surface area contributed by atoms with E-state index in [1.54, 1.807) is 56.0 Å². The maximum absolute atomic E-state index is 12.3. The summed E-state index contributed by atoms with van der Waals surface area (Å²) < 4.78 is 6.91. The lowest BCUT2D eigenvalue weighted by Crippen LogP contribution is -2.28. The van der Waals surface area contributed by atoms with Crippen LogP contribution in [0.3, 0.4) is 0 Å². The lowest BCUT2D eigenvalue weighted by atomic mass is 10.1. The SMILES string of the molecule is COc1ccc(C(O)CNC(=O)c2cccc(-n3ccnc3)c2)cc1. The zero-order valence-electron chi connectivity index (χ0n) is 13.8. The number of aliphatic hydroxyl groups excluding tert-OH is 1. The Labute approximate surface area is 145 Å². The Morgan fingerprint density at radius 3 is 2.76 bits per heavy atom. The number of nitrogens with zero attached hydrogens (tertiary/aromatic N) is 2. The van der Waals surface area contributed by atoms with Crippen molar-refractivity contribution >= 4 is 5.91 Å². The number of aromatic nitrogens is 2. The van der Waals surface area contributed by atoms with Crippen molar-refractivity contribution < 1.29 is 14.6 Å². The predicted octanol–water partition coefficient (Wildman–Crippen LogP) is 2.34. The summed E-state index contributed by atoms with van der Waals surface area (Å²) in [6.07, 6.45) is 4.37. The van der Waals surface area contributed by atoms with Crippen LogP contribution in [-0.4, -0.2) is 34.2 Å². The second-order valence-corrected chi connectivity index (χ2v) is 5.52. The molecule has 1 heterocycles. The Hall–Kier alpha value is -3.12. The fraction of sp³-hybridized carbons (Fsp3) is 0.158. The van der Waals surface area contributed by atoms with E-state index < -0.39 is 6.10 Å². The normalized spacial score (nSPS) is 11.8.